The second-order valence-corrected chi connectivity index (χ2v) is 13.9. The number of unbranched alkanes of at least 4 members (excludes halogenated alkanes) is 2. The van der Waals surface area contributed by atoms with Crippen LogP contribution in [0.4, 0.5) is 35.1 Å². The standard InChI is InChI=1S/C41H44F8/c1-2-3-4-5-6-7-33(42)40(48)29-18-19-32(34(43)20-29)31-23-35(44)39(36(45)24-31)28-16-12-26(13-17-28)9-8-25-10-14-27(15-11-25)30-21-37(46)41(49)38(47)22-30/h2-3,18-28H,4-17H2,1H3/b3-2+,40-33+. The van der Waals surface area contributed by atoms with E-state index in [1.54, 1.807) is 0 Å². The molecule has 0 spiro atoms. The summed E-state index contributed by atoms with van der Waals surface area (Å²) >= 11 is 0. The average Bonchev–Trinajstić information content (AvgIpc) is 3.09. The van der Waals surface area contributed by atoms with Crippen LogP contribution in [0.3, 0.4) is 0 Å². The zero-order chi connectivity index (χ0) is 35.1. The zero-order valence-electron chi connectivity index (χ0n) is 27.9. The van der Waals surface area contributed by atoms with Gasteiger partial charge in [-0.2, -0.15) is 0 Å². The van der Waals surface area contributed by atoms with Crippen LogP contribution in [0.1, 0.15) is 125 Å². The first-order valence-electron chi connectivity index (χ1n) is 17.6. The highest BCUT2D eigenvalue weighted by atomic mass is 19.2. The maximum absolute atomic E-state index is 15.4. The summed E-state index contributed by atoms with van der Waals surface area (Å²) in [6.07, 6.45) is 14.1. The van der Waals surface area contributed by atoms with E-state index >= 15 is 13.2 Å². The minimum absolute atomic E-state index is 0.00487. The van der Waals surface area contributed by atoms with Gasteiger partial charge in [0.2, 0.25) is 0 Å². The van der Waals surface area contributed by atoms with Gasteiger partial charge in [-0.25, -0.2) is 35.1 Å². The molecule has 3 aromatic rings. The summed E-state index contributed by atoms with van der Waals surface area (Å²) < 4.78 is 116. The van der Waals surface area contributed by atoms with Gasteiger partial charge >= 0.3 is 0 Å². The number of hydrogen-bond acceptors (Lipinski definition) is 0. The number of benzene rings is 3. The van der Waals surface area contributed by atoms with Crippen molar-refractivity contribution >= 4 is 5.83 Å². The summed E-state index contributed by atoms with van der Waals surface area (Å²) in [6, 6.07) is 7.74. The van der Waals surface area contributed by atoms with Gasteiger partial charge in [0.05, 0.1) is 0 Å². The molecule has 0 unspecified atom stereocenters. The molecule has 0 aromatic heterocycles. The summed E-state index contributed by atoms with van der Waals surface area (Å²) in [4.78, 5) is 0. The molecule has 0 saturated heterocycles. The predicted octanol–water partition coefficient (Wildman–Crippen LogP) is 14.0. The molecule has 2 saturated carbocycles. The van der Waals surface area contributed by atoms with Gasteiger partial charge in [0.25, 0.3) is 0 Å². The molecule has 3 aromatic carbocycles. The highest BCUT2D eigenvalue weighted by Gasteiger charge is 2.29. The Morgan fingerprint density at radius 3 is 1.78 bits per heavy atom. The van der Waals surface area contributed by atoms with Crippen molar-refractivity contribution in [1.82, 2.24) is 0 Å². The molecule has 5 rings (SSSR count). The van der Waals surface area contributed by atoms with Gasteiger partial charge in [-0.1, -0.05) is 37.1 Å². The van der Waals surface area contributed by atoms with E-state index in [1.165, 1.54) is 12.1 Å². The van der Waals surface area contributed by atoms with Crippen LogP contribution < -0.4 is 0 Å². The zero-order valence-corrected chi connectivity index (χ0v) is 27.9. The average molecular weight is 689 g/mol. The number of hydrogen-bond donors (Lipinski definition) is 0. The fourth-order valence-corrected chi connectivity index (χ4v) is 7.80. The largest absolute Gasteiger partial charge is 0.209 e. The molecule has 2 aliphatic carbocycles. The van der Waals surface area contributed by atoms with Crippen LogP contribution in [0, 0.1) is 46.7 Å². The molecule has 0 aliphatic heterocycles. The van der Waals surface area contributed by atoms with Crippen LogP contribution in [0.5, 0.6) is 0 Å². The molecule has 49 heavy (non-hydrogen) atoms. The first kappa shape index (κ1) is 36.9. The summed E-state index contributed by atoms with van der Waals surface area (Å²) in [5.74, 6) is -7.51. The predicted molar refractivity (Wildman–Crippen MR) is 179 cm³/mol. The molecular weight excluding hydrogens is 644 g/mol. The minimum atomic E-state index is -1.44. The SMILES string of the molecule is C/C=C/CCCC/C(F)=C(\F)c1ccc(-c2cc(F)c(C3CCC(CCC4CCC(c5cc(F)c(F)c(F)c5)CC4)CC3)c(F)c2)c(F)c1. The quantitative estimate of drug-likeness (QED) is 0.0769. The Labute approximate surface area is 284 Å². The summed E-state index contributed by atoms with van der Waals surface area (Å²) in [5, 5.41) is 0. The number of halogens is 8. The lowest BCUT2D eigenvalue weighted by atomic mass is 9.73. The Hall–Kier alpha value is -3.42. The molecule has 0 amide bonds. The number of allylic oxidation sites excluding steroid dienone is 3. The molecule has 2 fully saturated rings. The Morgan fingerprint density at radius 2 is 1.22 bits per heavy atom. The van der Waals surface area contributed by atoms with Crippen molar-refractivity contribution in [1.29, 1.82) is 0 Å². The fourth-order valence-electron chi connectivity index (χ4n) is 7.80. The maximum Gasteiger partial charge on any atom is 0.194 e. The lowest BCUT2D eigenvalue weighted by Crippen LogP contribution is -2.18. The highest BCUT2D eigenvalue weighted by molar-refractivity contribution is 5.69. The molecule has 2 aliphatic rings. The van der Waals surface area contributed by atoms with E-state index in [9.17, 15) is 22.0 Å². The van der Waals surface area contributed by atoms with Crippen LogP contribution >= 0.6 is 0 Å². The Bertz CT molecular complexity index is 1600. The lowest BCUT2D eigenvalue weighted by molar-refractivity contribution is 0.249. The Balaban J connectivity index is 1.12. The van der Waals surface area contributed by atoms with Crippen molar-refractivity contribution in [2.24, 2.45) is 11.8 Å². The summed E-state index contributed by atoms with van der Waals surface area (Å²) in [5.41, 5.74) is 0.169. The minimum Gasteiger partial charge on any atom is -0.209 e. The van der Waals surface area contributed by atoms with Gasteiger partial charge in [-0.05, 0) is 143 Å². The van der Waals surface area contributed by atoms with Crippen LogP contribution in [-0.4, -0.2) is 0 Å². The van der Waals surface area contributed by atoms with Crippen molar-refractivity contribution in [3.8, 4) is 11.1 Å². The molecule has 264 valence electrons. The van der Waals surface area contributed by atoms with Gasteiger partial charge < -0.3 is 0 Å². The molecule has 0 nitrogen and oxygen atoms in total. The first-order valence-corrected chi connectivity index (χ1v) is 17.6. The van der Waals surface area contributed by atoms with Gasteiger partial charge in [0, 0.05) is 23.1 Å². The van der Waals surface area contributed by atoms with E-state index in [-0.39, 0.29) is 40.5 Å². The van der Waals surface area contributed by atoms with Crippen LogP contribution in [0.15, 0.2) is 60.4 Å². The van der Waals surface area contributed by atoms with E-state index in [1.807, 2.05) is 19.1 Å². The lowest BCUT2D eigenvalue weighted by Gasteiger charge is -2.32. The molecule has 0 atom stereocenters. The second-order valence-electron chi connectivity index (χ2n) is 13.9. The molecule has 0 radical (unpaired) electrons. The van der Waals surface area contributed by atoms with Gasteiger partial charge in [0.15, 0.2) is 23.3 Å². The third-order valence-electron chi connectivity index (χ3n) is 10.7. The van der Waals surface area contributed by atoms with Crippen molar-refractivity contribution in [3.05, 3.63) is 112 Å². The van der Waals surface area contributed by atoms with Gasteiger partial charge in [-0.15, -0.1) is 0 Å². The highest BCUT2D eigenvalue weighted by Crippen LogP contribution is 2.43. The first-order chi connectivity index (χ1) is 23.5. The summed E-state index contributed by atoms with van der Waals surface area (Å²) in [6.45, 7) is 1.89. The monoisotopic (exact) mass is 688 g/mol. The van der Waals surface area contributed by atoms with Crippen LogP contribution in [0.2, 0.25) is 0 Å². The topological polar surface area (TPSA) is 0 Å². The maximum atomic E-state index is 15.4. The van der Waals surface area contributed by atoms with E-state index < -0.39 is 46.6 Å². The van der Waals surface area contributed by atoms with Crippen LogP contribution in [-0.2, 0) is 0 Å². The molecule has 0 heterocycles. The van der Waals surface area contributed by atoms with E-state index in [4.69, 9.17) is 0 Å². The smallest absolute Gasteiger partial charge is 0.194 e. The van der Waals surface area contributed by atoms with E-state index in [0.29, 0.717) is 43.1 Å². The third-order valence-corrected chi connectivity index (χ3v) is 10.7. The van der Waals surface area contributed by atoms with Crippen LogP contribution in [0.25, 0.3) is 17.0 Å². The van der Waals surface area contributed by atoms with Crippen molar-refractivity contribution in [3.63, 3.8) is 0 Å². The molecular formula is C41H44F8. The normalized spacial score (nSPS) is 22.1. The Kier molecular flexibility index (Phi) is 12.8. The van der Waals surface area contributed by atoms with Crippen molar-refractivity contribution in [2.45, 2.75) is 109 Å². The van der Waals surface area contributed by atoms with Crippen molar-refractivity contribution < 1.29 is 35.1 Å². The third kappa shape index (κ3) is 9.23. The van der Waals surface area contributed by atoms with Gasteiger partial charge in [0.1, 0.15) is 23.3 Å². The number of rotatable bonds is 12. The Morgan fingerprint density at radius 1 is 0.653 bits per heavy atom. The molecule has 0 bridgehead atoms. The molecule has 8 heteroatoms. The van der Waals surface area contributed by atoms with Crippen molar-refractivity contribution in [2.75, 3.05) is 0 Å². The second kappa shape index (κ2) is 17.0. The van der Waals surface area contributed by atoms with E-state index in [0.717, 1.165) is 88.1 Å². The molecule has 0 N–H and O–H groups in total. The summed E-state index contributed by atoms with van der Waals surface area (Å²) in [7, 11) is 0. The van der Waals surface area contributed by atoms with Gasteiger partial charge in [-0.3, -0.25) is 0 Å². The van der Waals surface area contributed by atoms with E-state index in [2.05, 4.69) is 0 Å². The fraction of sp³-hybridized carbons (Fsp3) is 0.463.